The number of aliphatic hydroxyl groups is 1. The summed E-state index contributed by atoms with van der Waals surface area (Å²) in [5, 5.41) is 18.9. The Morgan fingerprint density at radius 1 is 1.29 bits per heavy atom. The highest BCUT2D eigenvalue weighted by molar-refractivity contribution is 7.16. The molecule has 0 aliphatic rings. The van der Waals surface area contributed by atoms with E-state index in [-0.39, 0.29) is 6.61 Å². The molecule has 116 valence electrons. The maximum Gasteiger partial charge on any atom is 0.226 e. The molecule has 0 bridgehead atoms. The zero-order valence-electron chi connectivity index (χ0n) is 12.7. The van der Waals surface area contributed by atoms with E-state index >= 15 is 0 Å². The number of aliphatic hydroxyl groups excluding tert-OH is 1. The number of hydrogen-bond acceptors (Lipinski definition) is 6. The van der Waals surface area contributed by atoms with Gasteiger partial charge in [0.25, 0.3) is 0 Å². The first kappa shape index (κ1) is 16.0. The fourth-order valence-electron chi connectivity index (χ4n) is 2.18. The molecule has 0 amide bonds. The molecule has 1 atom stereocenters. The summed E-state index contributed by atoms with van der Waals surface area (Å²) in [6, 6.07) is 2.05. The Bertz CT molecular complexity index is 558. The van der Waals surface area contributed by atoms with Crippen molar-refractivity contribution in [1.29, 1.82) is 0 Å². The molecule has 0 saturated heterocycles. The SMILES string of the molecule is CCCNc1nc(NCC(CC)CCO)c2ccsc2n1. The van der Waals surface area contributed by atoms with Crippen LogP contribution in [-0.2, 0) is 0 Å². The zero-order chi connectivity index (χ0) is 15.1. The number of hydrogen-bond donors (Lipinski definition) is 3. The lowest BCUT2D eigenvalue weighted by Gasteiger charge is -2.15. The van der Waals surface area contributed by atoms with Crippen LogP contribution in [0.2, 0.25) is 0 Å². The van der Waals surface area contributed by atoms with Crippen molar-refractivity contribution in [2.24, 2.45) is 5.92 Å². The van der Waals surface area contributed by atoms with Gasteiger partial charge in [-0.1, -0.05) is 20.3 Å². The van der Waals surface area contributed by atoms with Gasteiger partial charge in [-0.15, -0.1) is 11.3 Å². The molecule has 2 rings (SSSR count). The first-order valence-electron chi connectivity index (χ1n) is 7.62. The molecule has 5 nitrogen and oxygen atoms in total. The van der Waals surface area contributed by atoms with Gasteiger partial charge in [-0.05, 0) is 30.2 Å². The molecule has 0 radical (unpaired) electrons. The molecule has 2 aromatic heterocycles. The summed E-state index contributed by atoms with van der Waals surface area (Å²) in [4.78, 5) is 10.1. The summed E-state index contributed by atoms with van der Waals surface area (Å²) in [6.07, 6.45) is 2.91. The van der Waals surface area contributed by atoms with Crippen LogP contribution in [-0.4, -0.2) is 34.8 Å². The lowest BCUT2D eigenvalue weighted by Crippen LogP contribution is -2.16. The first-order valence-corrected chi connectivity index (χ1v) is 8.50. The number of thiophene rings is 1. The van der Waals surface area contributed by atoms with Gasteiger partial charge >= 0.3 is 0 Å². The largest absolute Gasteiger partial charge is 0.396 e. The van der Waals surface area contributed by atoms with E-state index in [0.29, 0.717) is 11.9 Å². The fraction of sp³-hybridized carbons (Fsp3) is 0.600. The van der Waals surface area contributed by atoms with Crippen LogP contribution in [0.3, 0.4) is 0 Å². The molecule has 3 N–H and O–H groups in total. The molecule has 21 heavy (non-hydrogen) atoms. The minimum Gasteiger partial charge on any atom is -0.396 e. The number of fused-ring (bicyclic) bond motifs is 1. The molecular weight excluding hydrogens is 284 g/mol. The Morgan fingerprint density at radius 3 is 2.86 bits per heavy atom. The van der Waals surface area contributed by atoms with E-state index in [1.165, 1.54) is 0 Å². The van der Waals surface area contributed by atoms with Crippen LogP contribution in [0, 0.1) is 5.92 Å². The van der Waals surface area contributed by atoms with Crippen molar-refractivity contribution in [3.63, 3.8) is 0 Å². The van der Waals surface area contributed by atoms with Crippen LogP contribution in [0.25, 0.3) is 10.2 Å². The Kier molecular flexibility index (Phi) is 6.20. The second kappa shape index (κ2) is 8.14. The topological polar surface area (TPSA) is 70.1 Å². The van der Waals surface area contributed by atoms with Gasteiger partial charge in [0.1, 0.15) is 10.6 Å². The molecule has 0 fully saturated rings. The third-order valence-corrected chi connectivity index (χ3v) is 4.34. The number of nitrogens with one attached hydrogen (secondary N) is 2. The van der Waals surface area contributed by atoms with Crippen LogP contribution < -0.4 is 10.6 Å². The standard InChI is InChI=1S/C15H24N4OS/c1-3-7-16-15-18-13(12-6-9-21-14(12)19-15)17-10-11(4-2)5-8-20/h6,9,11,20H,3-5,7-8,10H2,1-2H3,(H2,16,17,18,19). The van der Waals surface area contributed by atoms with E-state index in [1.807, 2.05) is 5.38 Å². The normalized spacial score (nSPS) is 12.5. The summed E-state index contributed by atoms with van der Waals surface area (Å²) < 4.78 is 0. The third-order valence-electron chi connectivity index (χ3n) is 3.53. The Hall–Kier alpha value is -1.40. The van der Waals surface area contributed by atoms with Crippen molar-refractivity contribution < 1.29 is 5.11 Å². The summed E-state index contributed by atoms with van der Waals surface area (Å²) in [5.74, 6) is 2.03. The van der Waals surface area contributed by atoms with Crippen molar-refractivity contribution in [1.82, 2.24) is 9.97 Å². The molecule has 0 aliphatic heterocycles. The van der Waals surface area contributed by atoms with Crippen LogP contribution in [0.15, 0.2) is 11.4 Å². The number of nitrogens with zero attached hydrogens (tertiary/aromatic N) is 2. The van der Waals surface area contributed by atoms with Crippen molar-refractivity contribution in [2.75, 3.05) is 30.3 Å². The van der Waals surface area contributed by atoms with Gasteiger partial charge in [0.05, 0.1) is 5.39 Å². The van der Waals surface area contributed by atoms with Crippen molar-refractivity contribution in [3.05, 3.63) is 11.4 Å². The Morgan fingerprint density at radius 2 is 2.14 bits per heavy atom. The van der Waals surface area contributed by atoms with Gasteiger partial charge in [0.15, 0.2) is 0 Å². The molecule has 0 aromatic carbocycles. The Labute approximate surface area is 129 Å². The molecule has 2 aromatic rings. The summed E-state index contributed by atoms with van der Waals surface area (Å²) in [5.41, 5.74) is 0. The molecule has 2 heterocycles. The average molecular weight is 308 g/mol. The van der Waals surface area contributed by atoms with E-state index in [0.717, 1.165) is 48.4 Å². The lowest BCUT2D eigenvalue weighted by molar-refractivity contribution is 0.258. The van der Waals surface area contributed by atoms with Gasteiger partial charge in [-0.2, -0.15) is 4.98 Å². The van der Waals surface area contributed by atoms with E-state index < -0.39 is 0 Å². The third kappa shape index (κ3) is 4.28. The van der Waals surface area contributed by atoms with E-state index in [9.17, 15) is 0 Å². The summed E-state index contributed by atoms with van der Waals surface area (Å²) in [7, 11) is 0. The monoisotopic (exact) mass is 308 g/mol. The number of aromatic nitrogens is 2. The van der Waals surface area contributed by atoms with Crippen molar-refractivity contribution in [3.8, 4) is 0 Å². The highest BCUT2D eigenvalue weighted by atomic mass is 32.1. The van der Waals surface area contributed by atoms with E-state index in [4.69, 9.17) is 5.11 Å². The summed E-state index contributed by atoms with van der Waals surface area (Å²) >= 11 is 1.63. The quantitative estimate of drug-likeness (QED) is 0.663. The van der Waals surface area contributed by atoms with E-state index in [1.54, 1.807) is 11.3 Å². The second-order valence-electron chi connectivity index (χ2n) is 5.13. The summed E-state index contributed by atoms with van der Waals surface area (Å²) in [6.45, 7) is 6.21. The van der Waals surface area contributed by atoms with Gasteiger partial charge in [0.2, 0.25) is 5.95 Å². The van der Waals surface area contributed by atoms with Gasteiger partial charge in [0, 0.05) is 19.7 Å². The fourth-order valence-corrected chi connectivity index (χ4v) is 2.94. The van der Waals surface area contributed by atoms with Gasteiger partial charge in [-0.3, -0.25) is 0 Å². The average Bonchev–Trinajstić information content (AvgIpc) is 2.97. The minimum absolute atomic E-state index is 0.237. The van der Waals surface area contributed by atoms with Crippen LogP contribution in [0.5, 0.6) is 0 Å². The maximum atomic E-state index is 9.08. The second-order valence-corrected chi connectivity index (χ2v) is 6.02. The first-order chi connectivity index (χ1) is 10.3. The highest BCUT2D eigenvalue weighted by Crippen LogP contribution is 2.26. The molecule has 0 spiro atoms. The van der Waals surface area contributed by atoms with Crippen LogP contribution >= 0.6 is 11.3 Å². The molecule has 6 heteroatoms. The maximum absolute atomic E-state index is 9.08. The predicted octanol–water partition coefficient (Wildman–Crippen LogP) is 3.33. The molecular formula is C15H24N4OS. The predicted molar refractivity (Wildman–Crippen MR) is 90.2 cm³/mol. The van der Waals surface area contributed by atoms with Crippen molar-refractivity contribution >= 4 is 33.3 Å². The lowest BCUT2D eigenvalue weighted by atomic mass is 10.0. The highest BCUT2D eigenvalue weighted by Gasteiger charge is 2.11. The zero-order valence-corrected chi connectivity index (χ0v) is 13.5. The Balaban J connectivity index is 2.14. The minimum atomic E-state index is 0.237. The van der Waals surface area contributed by atoms with Crippen LogP contribution in [0.1, 0.15) is 33.1 Å². The number of anilines is 2. The smallest absolute Gasteiger partial charge is 0.226 e. The molecule has 0 aliphatic carbocycles. The molecule has 1 unspecified atom stereocenters. The van der Waals surface area contributed by atoms with Crippen molar-refractivity contribution in [2.45, 2.75) is 33.1 Å². The van der Waals surface area contributed by atoms with Crippen LogP contribution in [0.4, 0.5) is 11.8 Å². The van der Waals surface area contributed by atoms with E-state index in [2.05, 4.69) is 40.5 Å². The number of rotatable bonds is 9. The van der Waals surface area contributed by atoms with Gasteiger partial charge in [-0.25, -0.2) is 4.98 Å². The van der Waals surface area contributed by atoms with Gasteiger partial charge < -0.3 is 15.7 Å². The molecule has 0 saturated carbocycles.